The first-order valence-corrected chi connectivity index (χ1v) is 8.69. The summed E-state index contributed by atoms with van der Waals surface area (Å²) in [6.07, 6.45) is 1.02. The minimum Gasteiger partial charge on any atom is -0.480 e. The Bertz CT molecular complexity index is 531. The summed E-state index contributed by atoms with van der Waals surface area (Å²) in [4.78, 5) is 25.3. The van der Waals surface area contributed by atoms with E-state index in [0.717, 1.165) is 5.56 Å². The highest BCUT2D eigenvalue weighted by Gasteiger charge is 2.32. The average molecular weight is 340 g/mol. The second-order valence-corrected chi connectivity index (χ2v) is 7.53. The summed E-state index contributed by atoms with van der Waals surface area (Å²) in [5, 5.41) is 16.1. The normalized spacial score (nSPS) is 18.4. The zero-order valence-corrected chi connectivity index (χ0v) is 14.6. The Hall–Kier alpha value is -1.60. The number of carbonyl (C=O) groups is 2. The van der Waals surface area contributed by atoms with E-state index in [-0.39, 0.29) is 6.04 Å². The molecule has 0 radical (unpaired) electrons. The number of aliphatic carboxylic acids is 1. The molecule has 1 aromatic heterocycles. The van der Waals surface area contributed by atoms with Gasteiger partial charge in [-0.15, -0.1) is 0 Å². The first-order chi connectivity index (χ1) is 10.8. The van der Waals surface area contributed by atoms with Crippen LogP contribution in [0.1, 0.15) is 45.2 Å². The van der Waals surface area contributed by atoms with Crippen molar-refractivity contribution in [2.45, 2.75) is 51.3 Å². The molecule has 1 aliphatic rings. The van der Waals surface area contributed by atoms with E-state index in [1.54, 1.807) is 0 Å². The van der Waals surface area contributed by atoms with Crippen molar-refractivity contribution < 1.29 is 19.4 Å². The first kappa shape index (κ1) is 17.7. The Kier molecular flexibility index (Phi) is 5.64. The molecule has 1 atom stereocenters. The molecule has 2 heterocycles. The highest BCUT2D eigenvalue weighted by molar-refractivity contribution is 7.08. The van der Waals surface area contributed by atoms with Crippen LogP contribution in [0.2, 0.25) is 0 Å². The number of nitrogens with zero attached hydrogens (tertiary/aromatic N) is 1. The molecular weight excluding hydrogens is 316 g/mol. The lowest BCUT2D eigenvalue weighted by atomic mass is 10.0. The molecule has 23 heavy (non-hydrogen) atoms. The summed E-state index contributed by atoms with van der Waals surface area (Å²) >= 11 is 1.50. The molecule has 1 aliphatic heterocycles. The largest absolute Gasteiger partial charge is 0.480 e. The fraction of sp³-hybridized carbons (Fsp3) is 0.625. The van der Waals surface area contributed by atoms with Gasteiger partial charge in [-0.3, -0.25) is 9.69 Å². The summed E-state index contributed by atoms with van der Waals surface area (Å²) in [5.74, 6) is -0.832. The van der Waals surface area contributed by atoms with Gasteiger partial charge in [0.15, 0.2) is 0 Å². The molecule has 0 aliphatic carbocycles. The van der Waals surface area contributed by atoms with Crippen LogP contribution in [0.15, 0.2) is 16.8 Å². The Morgan fingerprint density at radius 1 is 1.39 bits per heavy atom. The second kappa shape index (κ2) is 7.31. The molecule has 1 saturated heterocycles. The van der Waals surface area contributed by atoms with Crippen molar-refractivity contribution in [3.8, 4) is 0 Å². The molecule has 0 bridgehead atoms. The third-order valence-corrected chi connectivity index (χ3v) is 4.41. The van der Waals surface area contributed by atoms with E-state index in [2.05, 4.69) is 5.32 Å². The Balaban J connectivity index is 1.88. The number of ether oxygens (including phenoxy) is 1. The molecule has 1 unspecified atom stereocenters. The van der Waals surface area contributed by atoms with Crippen LogP contribution in [-0.4, -0.2) is 46.8 Å². The topological polar surface area (TPSA) is 78.9 Å². The minimum atomic E-state index is -0.832. The first-order valence-electron chi connectivity index (χ1n) is 7.75. The minimum absolute atomic E-state index is 0.0259. The van der Waals surface area contributed by atoms with Gasteiger partial charge in [-0.25, -0.2) is 4.79 Å². The molecule has 2 rings (SSSR count). The fourth-order valence-electron chi connectivity index (χ4n) is 2.72. The van der Waals surface area contributed by atoms with Gasteiger partial charge in [-0.2, -0.15) is 11.3 Å². The number of carboxylic acids is 1. The number of amides is 1. The monoisotopic (exact) mass is 340 g/mol. The predicted molar refractivity (Wildman–Crippen MR) is 88.7 cm³/mol. The summed E-state index contributed by atoms with van der Waals surface area (Å²) in [6.45, 7) is 6.75. The summed E-state index contributed by atoms with van der Waals surface area (Å²) in [6, 6.07) is 1.27. The van der Waals surface area contributed by atoms with E-state index in [9.17, 15) is 14.7 Å². The number of carbonyl (C=O) groups excluding carboxylic acids is 1. The summed E-state index contributed by atoms with van der Waals surface area (Å²) in [5.41, 5.74) is 0.305. The van der Waals surface area contributed by atoms with Crippen LogP contribution in [0.3, 0.4) is 0 Å². The lowest BCUT2D eigenvalue weighted by Crippen LogP contribution is -2.48. The molecular formula is C16H24N2O4S. The van der Waals surface area contributed by atoms with Gasteiger partial charge in [0.25, 0.3) is 0 Å². The van der Waals surface area contributed by atoms with E-state index in [0.29, 0.717) is 25.9 Å². The lowest BCUT2D eigenvalue weighted by Gasteiger charge is -2.35. The van der Waals surface area contributed by atoms with Crippen LogP contribution in [0, 0.1) is 0 Å². The zero-order valence-electron chi connectivity index (χ0n) is 13.7. The van der Waals surface area contributed by atoms with Crippen molar-refractivity contribution in [3.05, 3.63) is 22.4 Å². The maximum Gasteiger partial charge on any atom is 0.407 e. The van der Waals surface area contributed by atoms with Crippen LogP contribution in [0.4, 0.5) is 4.79 Å². The highest BCUT2D eigenvalue weighted by Crippen LogP contribution is 2.26. The van der Waals surface area contributed by atoms with Gasteiger partial charge in [0.1, 0.15) is 11.6 Å². The molecule has 7 heteroatoms. The number of thiophene rings is 1. The SMILES string of the molecule is CC(C)(C)OC(=O)NC1CCN(C(C(=O)O)c2ccsc2)CC1. The maximum atomic E-state index is 11.8. The van der Waals surface area contributed by atoms with Crippen molar-refractivity contribution in [2.75, 3.05) is 13.1 Å². The van der Waals surface area contributed by atoms with Crippen LogP contribution >= 0.6 is 11.3 Å². The Morgan fingerprint density at radius 3 is 2.52 bits per heavy atom. The molecule has 1 aromatic rings. The van der Waals surface area contributed by atoms with Gasteiger partial charge < -0.3 is 15.2 Å². The van der Waals surface area contributed by atoms with Gasteiger partial charge in [-0.05, 0) is 56.0 Å². The highest BCUT2D eigenvalue weighted by atomic mass is 32.1. The molecule has 6 nitrogen and oxygen atoms in total. The van der Waals surface area contributed by atoms with E-state index >= 15 is 0 Å². The molecule has 0 saturated carbocycles. The van der Waals surface area contributed by atoms with E-state index < -0.39 is 23.7 Å². The van der Waals surface area contributed by atoms with Crippen molar-refractivity contribution in [2.24, 2.45) is 0 Å². The molecule has 0 spiro atoms. The number of hydrogen-bond acceptors (Lipinski definition) is 5. The van der Waals surface area contributed by atoms with Crippen LogP contribution in [0.25, 0.3) is 0 Å². The van der Waals surface area contributed by atoms with Crippen molar-refractivity contribution in [1.82, 2.24) is 10.2 Å². The molecule has 0 aromatic carbocycles. The number of carboxylic acid groups (broad SMARTS) is 1. The number of hydrogen-bond donors (Lipinski definition) is 2. The lowest BCUT2D eigenvalue weighted by molar-refractivity contribution is -0.144. The van der Waals surface area contributed by atoms with E-state index in [1.807, 2.05) is 42.5 Å². The molecule has 2 N–H and O–H groups in total. The van der Waals surface area contributed by atoms with Crippen molar-refractivity contribution in [3.63, 3.8) is 0 Å². The fourth-order valence-corrected chi connectivity index (χ4v) is 3.40. The average Bonchev–Trinajstić information content (AvgIpc) is 2.92. The summed E-state index contributed by atoms with van der Waals surface area (Å²) < 4.78 is 5.26. The quantitative estimate of drug-likeness (QED) is 0.881. The number of piperidine rings is 1. The maximum absolute atomic E-state index is 11.8. The van der Waals surface area contributed by atoms with Crippen LogP contribution < -0.4 is 5.32 Å². The number of likely N-dealkylation sites (tertiary alicyclic amines) is 1. The second-order valence-electron chi connectivity index (χ2n) is 6.75. The molecule has 1 fully saturated rings. The van der Waals surface area contributed by atoms with Gasteiger partial charge in [-0.1, -0.05) is 0 Å². The van der Waals surface area contributed by atoms with Crippen LogP contribution in [-0.2, 0) is 9.53 Å². The Morgan fingerprint density at radius 2 is 2.04 bits per heavy atom. The van der Waals surface area contributed by atoms with E-state index in [1.165, 1.54) is 11.3 Å². The van der Waals surface area contributed by atoms with Crippen molar-refractivity contribution in [1.29, 1.82) is 0 Å². The number of rotatable bonds is 4. The third-order valence-electron chi connectivity index (χ3n) is 3.71. The Labute approximate surface area is 140 Å². The molecule has 1 amide bonds. The zero-order chi connectivity index (χ0) is 17.0. The van der Waals surface area contributed by atoms with Crippen LogP contribution in [0.5, 0.6) is 0 Å². The van der Waals surface area contributed by atoms with Gasteiger partial charge >= 0.3 is 12.1 Å². The predicted octanol–water partition coefficient (Wildman–Crippen LogP) is 2.86. The van der Waals surface area contributed by atoms with E-state index in [4.69, 9.17) is 4.74 Å². The smallest absolute Gasteiger partial charge is 0.407 e. The number of alkyl carbamates (subject to hydrolysis) is 1. The van der Waals surface area contributed by atoms with Crippen molar-refractivity contribution >= 4 is 23.4 Å². The standard InChI is InChI=1S/C16H24N2O4S/c1-16(2,3)22-15(21)17-12-4-7-18(8-5-12)13(14(19)20)11-6-9-23-10-11/h6,9-10,12-13H,4-5,7-8H2,1-3H3,(H,17,21)(H,19,20). The molecule has 128 valence electrons. The van der Waals surface area contributed by atoms with Gasteiger partial charge in [0.05, 0.1) is 0 Å². The van der Waals surface area contributed by atoms with Gasteiger partial charge in [0, 0.05) is 19.1 Å². The third kappa shape index (κ3) is 5.21. The van der Waals surface area contributed by atoms with Gasteiger partial charge in [0.2, 0.25) is 0 Å². The number of nitrogens with one attached hydrogen (secondary N) is 1. The summed E-state index contributed by atoms with van der Waals surface area (Å²) in [7, 11) is 0.